The molecule has 1 heterocycles. The first-order valence-corrected chi connectivity index (χ1v) is 13.4. The molecule has 0 atom stereocenters. The Hall–Kier alpha value is -2.48. The zero-order chi connectivity index (χ0) is 24.7. The monoisotopic (exact) mass is 528 g/mol. The summed E-state index contributed by atoms with van der Waals surface area (Å²) in [6, 6.07) is 12.3. The molecule has 0 aliphatic rings. The van der Waals surface area contributed by atoms with Crippen molar-refractivity contribution in [3.8, 4) is 11.5 Å². The summed E-state index contributed by atoms with van der Waals surface area (Å²) < 4.78 is 57.2. The van der Waals surface area contributed by atoms with Crippen LogP contribution in [0.2, 0.25) is 0 Å². The van der Waals surface area contributed by atoms with Crippen LogP contribution in [0.3, 0.4) is 0 Å². The summed E-state index contributed by atoms with van der Waals surface area (Å²) in [5.41, 5.74) is 0.917. The first kappa shape index (κ1) is 26.1. The van der Waals surface area contributed by atoms with Crippen molar-refractivity contribution in [2.24, 2.45) is 0 Å². The van der Waals surface area contributed by atoms with E-state index >= 15 is 0 Å². The predicted molar refractivity (Wildman–Crippen MR) is 127 cm³/mol. The van der Waals surface area contributed by atoms with E-state index in [0.29, 0.717) is 41.0 Å². The van der Waals surface area contributed by atoms with Crippen LogP contribution >= 0.6 is 23.5 Å². The van der Waals surface area contributed by atoms with Gasteiger partial charge in [0.15, 0.2) is 0 Å². The summed E-state index contributed by atoms with van der Waals surface area (Å²) in [4.78, 5) is 12.7. The fraction of sp³-hybridized carbons (Fsp3) is 0.286. The molecule has 1 aromatic heterocycles. The Bertz CT molecular complexity index is 1220. The normalized spacial score (nSPS) is 11.8. The topological polar surface area (TPSA) is 105 Å². The largest absolute Gasteiger partial charge is 0.411 e. The maximum atomic E-state index is 12.8. The molecule has 0 spiro atoms. The van der Waals surface area contributed by atoms with Gasteiger partial charge in [0.2, 0.25) is 21.8 Å². The van der Waals surface area contributed by atoms with Crippen LogP contribution in [0, 0.1) is 0 Å². The lowest BCUT2D eigenvalue weighted by Gasteiger charge is -2.18. The standard InChI is InChI=1S/C21H22F2N4O4S3/c1-3-27(4-2)34(29,30)17-7-5-6-14(12-17)19-25-26-21(31-19)32-13-18(28)24-15-8-10-16(11-9-15)33-20(22)23/h5-12,20H,3-4,13H2,1-2H3,(H,24,28). The first-order chi connectivity index (χ1) is 16.2. The highest BCUT2D eigenvalue weighted by Gasteiger charge is 2.22. The second kappa shape index (κ2) is 11.8. The van der Waals surface area contributed by atoms with Gasteiger partial charge in [0.1, 0.15) is 0 Å². The lowest BCUT2D eigenvalue weighted by molar-refractivity contribution is -0.113. The van der Waals surface area contributed by atoms with Crippen molar-refractivity contribution in [2.45, 2.75) is 34.6 Å². The first-order valence-electron chi connectivity index (χ1n) is 10.1. The number of nitrogens with zero attached hydrogens (tertiary/aromatic N) is 3. The third-order valence-corrected chi connectivity index (χ3v) is 8.11. The van der Waals surface area contributed by atoms with Crippen LogP contribution in [0.25, 0.3) is 11.5 Å². The number of carbonyl (C=O) groups is 1. The molecule has 1 amide bonds. The number of amides is 1. The molecular weight excluding hydrogens is 506 g/mol. The van der Waals surface area contributed by atoms with Gasteiger partial charge >= 0.3 is 0 Å². The Kier molecular flexibility index (Phi) is 9.05. The number of hydrogen-bond donors (Lipinski definition) is 1. The van der Waals surface area contributed by atoms with E-state index < -0.39 is 15.8 Å². The molecule has 13 heteroatoms. The molecule has 0 saturated carbocycles. The van der Waals surface area contributed by atoms with Crippen LogP contribution in [-0.4, -0.2) is 53.4 Å². The molecule has 34 heavy (non-hydrogen) atoms. The Morgan fingerprint density at radius 3 is 2.47 bits per heavy atom. The van der Waals surface area contributed by atoms with Crippen LogP contribution in [0.5, 0.6) is 0 Å². The van der Waals surface area contributed by atoms with E-state index in [1.165, 1.54) is 40.7 Å². The summed E-state index contributed by atoms with van der Waals surface area (Å²) in [5, 5.41) is 10.7. The predicted octanol–water partition coefficient (Wildman–Crippen LogP) is 4.81. The van der Waals surface area contributed by atoms with Crippen molar-refractivity contribution < 1.29 is 26.4 Å². The number of carbonyl (C=O) groups excluding carboxylic acids is 1. The SMILES string of the molecule is CCN(CC)S(=O)(=O)c1cccc(-c2nnc(SCC(=O)Nc3ccc(SC(F)F)cc3)o2)c1. The highest BCUT2D eigenvalue weighted by molar-refractivity contribution is 7.99. The van der Waals surface area contributed by atoms with Crippen molar-refractivity contribution >= 4 is 45.1 Å². The van der Waals surface area contributed by atoms with Gasteiger partial charge in [-0.1, -0.05) is 43.4 Å². The van der Waals surface area contributed by atoms with Gasteiger partial charge in [-0.05, 0) is 42.5 Å². The molecule has 0 aliphatic heterocycles. The quantitative estimate of drug-likeness (QED) is 0.354. The number of anilines is 1. The number of hydrogen-bond acceptors (Lipinski definition) is 8. The average Bonchev–Trinajstić information content (AvgIpc) is 3.29. The van der Waals surface area contributed by atoms with Crippen LogP contribution in [0.15, 0.2) is 68.0 Å². The number of rotatable bonds is 11. The Labute approximate surface area is 204 Å². The van der Waals surface area contributed by atoms with Crippen LogP contribution in [-0.2, 0) is 14.8 Å². The third kappa shape index (κ3) is 6.78. The van der Waals surface area contributed by atoms with Gasteiger partial charge in [-0.2, -0.15) is 13.1 Å². The number of halogens is 2. The van der Waals surface area contributed by atoms with Gasteiger partial charge in [0.25, 0.3) is 11.0 Å². The van der Waals surface area contributed by atoms with Gasteiger partial charge in [-0.15, -0.1) is 10.2 Å². The zero-order valence-corrected chi connectivity index (χ0v) is 20.7. The van der Waals surface area contributed by atoms with Crippen LogP contribution in [0.1, 0.15) is 13.8 Å². The minimum atomic E-state index is -3.64. The molecule has 2 aromatic carbocycles. The summed E-state index contributed by atoms with van der Waals surface area (Å²) >= 11 is 1.44. The van der Waals surface area contributed by atoms with Crippen molar-refractivity contribution in [1.29, 1.82) is 0 Å². The van der Waals surface area contributed by atoms with Crippen molar-refractivity contribution in [2.75, 3.05) is 24.2 Å². The molecule has 1 N–H and O–H groups in total. The average molecular weight is 529 g/mol. The number of sulfonamides is 1. The molecule has 0 unspecified atom stereocenters. The van der Waals surface area contributed by atoms with E-state index in [2.05, 4.69) is 15.5 Å². The molecule has 3 aromatic rings. The minimum Gasteiger partial charge on any atom is -0.411 e. The van der Waals surface area contributed by atoms with Gasteiger partial charge < -0.3 is 9.73 Å². The second-order valence-electron chi connectivity index (χ2n) is 6.73. The Balaban J connectivity index is 1.61. The fourth-order valence-electron chi connectivity index (χ4n) is 2.93. The molecule has 0 radical (unpaired) electrons. The van der Waals surface area contributed by atoms with E-state index in [1.807, 2.05) is 0 Å². The molecule has 0 saturated heterocycles. The van der Waals surface area contributed by atoms with Crippen LogP contribution in [0.4, 0.5) is 14.5 Å². The van der Waals surface area contributed by atoms with Crippen molar-refractivity contribution in [3.05, 3.63) is 48.5 Å². The highest BCUT2D eigenvalue weighted by atomic mass is 32.2. The third-order valence-electron chi connectivity index (χ3n) is 4.52. The Morgan fingerprint density at radius 2 is 1.82 bits per heavy atom. The van der Waals surface area contributed by atoms with Gasteiger partial charge in [0, 0.05) is 29.2 Å². The van der Waals surface area contributed by atoms with E-state index in [9.17, 15) is 22.0 Å². The summed E-state index contributed by atoms with van der Waals surface area (Å²) in [6.07, 6.45) is 0. The number of alkyl halides is 2. The summed E-state index contributed by atoms with van der Waals surface area (Å²) in [5.74, 6) is -2.74. The number of thioether (sulfide) groups is 2. The van der Waals surface area contributed by atoms with Crippen LogP contribution < -0.4 is 5.32 Å². The zero-order valence-electron chi connectivity index (χ0n) is 18.3. The summed E-state index contributed by atoms with van der Waals surface area (Å²) in [7, 11) is -3.64. The fourth-order valence-corrected chi connectivity index (χ4v) is 5.50. The summed E-state index contributed by atoms with van der Waals surface area (Å²) in [6.45, 7) is 4.24. The van der Waals surface area contributed by atoms with Crippen molar-refractivity contribution in [3.63, 3.8) is 0 Å². The number of aromatic nitrogens is 2. The number of nitrogens with one attached hydrogen (secondary N) is 1. The van der Waals surface area contributed by atoms with Gasteiger partial charge in [0.05, 0.1) is 10.6 Å². The smallest absolute Gasteiger partial charge is 0.288 e. The minimum absolute atomic E-state index is 0.0223. The van der Waals surface area contributed by atoms with Crippen molar-refractivity contribution in [1.82, 2.24) is 14.5 Å². The Morgan fingerprint density at radius 1 is 1.12 bits per heavy atom. The van der Waals surface area contributed by atoms with E-state index in [0.717, 1.165) is 11.8 Å². The molecule has 0 aliphatic carbocycles. The van der Waals surface area contributed by atoms with E-state index in [4.69, 9.17) is 4.42 Å². The molecule has 3 rings (SSSR count). The maximum absolute atomic E-state index is 12.8. The second-order valence-corrected chi connectivity index (χ2v) is 10.7. The highest BCUT2D eigenvalue weighted by Crippen LogP contribution is 2.28. The molecule has 8 nitrogen and oxygen atoms in total. The van der Waals surface area contributed by atoms with Gasteiger partial charge in [-0.25, -0.2) is 8.42 Å². The lowest BCUT2D eigenvalue weighted by atomic mass is 10.2. The molecular formula is C21H22F2N4O4S3. The molecule has 0 fully saturated rings. The number of benzene rings is 2. The maximum Gasteiger partial charge on any atom is 0.288 e. The van der Waals surface area contributed by atoms with Gasteiger partial charge in [-0.3, -0.25) is 4.79 Å². The lowest BCUT2D eigenvalue weighted by Crippen LogP contribution is -2.30. The van der Waals surface area contributed by atoms with E-state index in [1.54, 1.807) is 26.0 Å². The van der Waals surface area contributed by atoms with E-state index in [-0.39, 0.29) is 27.7 Å². The molecule has 182 valence electrons. The molecule has 0 bridgehead atoms.